The van der Waals surface area contributed by atoms with E-state index in [2.05, 4.69) is 10.2 Å². The van der Waals surface area contributed by atoms with Crippen LogP contribution in [0, 0.1) is 11.7 Å². The molecule has 2 heterocycles. The maximum atomic E-state index is 13.8. The van der Waals surface area contributed by atoms with Gasteiger partial charge >= 0.3 is 0 Å². The van der Waals surface area contributed by atoms with Crippen LogP contribution < -0.4 is 10.1 Å². The highest BCUT2D eigenvalue weighted by atomic mass is 19.1. The maximum absolute atomic E-state index is 13.8. The van der Waals surface area contributed by atoms with E-state index in [0.29, 0.717) is 5.75 Å². The number of nitrogens with one attached hydrogen (secondary N) is 1. The predicted octanol–water partition coefficient (Wildman–Crippen LogP) is 2.19. The fourth-order valence-electron chi connectivity index (χ4n) is 3.36. The van der Waals surface area contributed by atoms with Gasteiger partial charge in [-0.2, -0.15) is 0 Å². The van der Waals surface area contributed by atoms with Crippen molar-refractivity contribution < 1.29 is 9.13 Å². The number of hydrogen-bond donors (Lipinski definition) is 1. The molecular weight excluding hydrogens is 255 g/mol. The van der Waals surface area contributed by atoms with Crippen LogP contribution in [0.25, 0.3) is 0 Å². The van der Waals surface area contributed by atoms with Crippen molar-refractivity contribution in [1.82, 2.24) is 10.2 Å². The third-order valence-corrected chi connectivity index (χ3v) is 4.54. The third-order valence-electron chi connectivity index (χ3n) is 4.54. The minimum absolute atomic E-state index is 0.241. The molecule has 20 heavy (non-hydrogen) atoms. The first-order valence-corrected chi connectivity index (χ1v) is 7.54. The van der Waals surface area contributed by atoms with Gasteiger partial charge in [0.05, 0.1) is 7.11 Å². The van der Waals surface area contributed by atoms with Crippen molar-refractivity contribution in [3.05, 3.63) is 29.1 Å². The van der Waals surface area contributed by atoms with Crippen LogP contribution in [0.4, 0.5) is 4.39 Å². The molecule has 0 unspecified atom stereocenters. The lowest BCUT2D eigenvalue weighted by Gasteiger charge is -2.33. The van der Waals surface area contributed by atoms with E-state index in [1.54, 1.807) is 6.07 Å². The molecule has 0 amide bonds. The summed E-state index contributed by atoms with van der Waals surface area (Å²) in [6.07, 6.45) is 3.53. The lowest BCUT2D eigenvalue weighted by molar-refractivity contribution is 0.191. The monoisotopic (exact) mass is 278 g/mol. The summed E-state index contributed by atoms with van der Waals surface area (Å²) in [6, 6.07) is 3.52. The molecule has 110 valence electrons. The molecule has 2 aliphatic heterocycles. The highest BCUT2D eigenvalue weighted by Crippen LogP contribution is 2.27. The van der Waals surface area contributed by atoms with Gasteiger partial charge < -0.3 is 10.1 Å². The minimum atomic E-state index is -0.241. The van der Waals surface area contributed by atoms with Gasteiger partial charge in [0.1, 0.15) is 0 Å². The number of halogens is 1. The number of hydrogen-bond acceptors (Lipinski definition) is 3. The number of nitrogens with zero attached hydrogens (tertiary/aromatic N) is 1. The Labute approximate surface area is 120 Å². The van der Waals surface area contributed by atoms with Crippen LogP contribution in [0.3, 0.4) is 0 Å². The molecule has 4 heteroatoms. The van der Waals surface area contributed by atoms with Crippen LogP contribution in [0.1, 0.15) is 24.0 Å². The van der Waals surface area contributed by atoms with E-state index in [-0.39, 0.29) is 5.82 Å². The molecule has 1 fully saturated rings. The summed E-state index contributed by atoms with van der Waals surface area (Å²) in [5.74, 6) is 0.923. The second-order valence-corrected chi connectivity index (χ2v) is 5.93. The number of piperidine rings is 1. The summed E-state index contributed by atoms with van der Waals surface area (Å²) in [4.78, 5) is 2.48. The zero-order valence-electron chi connectivity index (χ0n) is 12.1. The molecule has 0 aliphatic carbocycles. The fraction of sp³-hybridized carbons (Fsp3) is 0.625. The van der Waals surface area contributed by atoms with Gasteiger partial charge in [-0.3, -0.25) is 4.90 Å². The van der Waals surface area contributed by atoms with Crippen molar-refractivity contribution in [2.45, 2.75) is 25.8 Å². The Hall–Kier alpha value is -1.13. The molecule has 2 aliphatic rings. The quantitative estimate of drug-likeness (QED) is 0.917. The van der Waals surface area contributed by atoms with E-state index in [4.69, 9.17) is 4.74 Å². The summed E-state index contributed by atoms with van der Waals surface area (Å²) >= 11 is 0. The first kappa shape index (κ1) is 13.8. The lowest BCUT2D eigenvalue weighted by atomic mass is 9.94. The Balaban J connectivity index is 1.67. The SMILES string of the molecule is COc1cc2c(cc1F)CN(CC1CCNCC1)CC2. The normalized spacial score (nSPS) is 20.7. The second kappa shape index (κ2) is 6.10. The molecule has 0 bridgehead atoms. The smallest absolute Gasteiger partial charge is 0.165 e. The molecular formula is C16H23FN2O. The van der Waals surface area contributed by atoms with Crippen LogP contribution in [-0.4, -0.2) is 38.2 Å². The van der Waals surface area contributed by atoms with Crippen LogP contribution in [0.15, 0.2) is 12.1 Å². The fourth-order valence-corrected chi connectivity index (χ4v) is 3.36. The van der Waals surface area contributed by atoms with E-state index < -0.39 is 0 Å². The van der Waals surface area contributed by atoms with Gasteiger partial charge in [0.2, 0.25) is 0 Å². The standard InChI is InChI=1S/C16H23FN2O/c1-20-16-9-13-4-7-19(11-14(13)8-15(16)17)10-12-2-5-18-6-3-12/h8-9,12,18H,2-7,10-11H2,1H3. The number of benzene rings is 1. The average molecular weight is 278 g/mol. The molecule has 1 N–H and O–H groups in total. The molecule has 1 aromatic carbocycles. The average Bonchev–Trinajstić information content (AvgIpc) is 2.47. The van der Waals surface area contributed by atoms with Crippen LogP contribution in [0.5, 0.6) is 5.75 Å². The van der Waals surface area contributed by atoms with Gasteiger partial charge in [-0.15, -0.1) is 0 Å². The van der Waals surface area contributed by atoms with Crippen molar-refractivity contribution in [2.75, 3.05) is 33.3 Å². The van der Waals surface area contributed by atoms with E-state index in [0.717, 1.165) is 50.6 Å². The number of methoxy groups -OCH3 is 1. The number of ether oxygens (including phenoxy) is 1. The minimum Gasteiger partial charge on any atom is -0.494 e. The Kier molecular flexibility index (Phi) is 4.22. The highest BCUT2D eigenvalue weighted by molar-refractivity contribution is 5.38. The van der Waals surface area contributed by atoms with Gasteiger partial charge in [0.25, 0.3) is 0 Å². The summed E-state index contributed by atoms with van der Waals surface area (Å²) in [7, 11) is 1.52. The predicted molar refractivity (Wildman–Crippen MR) is 77.5 cm³/mol. The highest BCUT2D eigenvalue weighted by Gasteiger charge is 2.22. The van der Waals surface area contributed by atoms with Gasteiger partial charge in [-0.25, -0.2) is 4.39 Å². The summed E-state index contributed by atoms with van der Waals surface area (Å²) in [5, 5.41) is 3.41. The van der Waals surface area contributed by atoms with Gasteiger partial charge in [0, 0.05) is 19.6 Å². The Morgan fingerprint density at radius 3 is 2.85 bits per heavy atom. The first-order valence-electron chi connectivity index (χ1n) is 7.54. The molecule has 3 nitrogen and oxygen atoms in total. The van der Waals surface area contributed by atoms with Crippen molar-refractivity contribution in [3.63, 3.8) is 0 Å². The number of fused-ring (bicyclic) bond motifs is 1. The first-order chi connectivity index (χ1) is 9.76. The lowest BCUT2D eigenvalue weighted by Crippen LogP contribution is -2.38. The summed E-state index contributed by atoms with van der Waals surface area (Å²) in [6.45, 7) is 5.38. The zero-order chi connectivity index (χ0) is 13.9. The van der Waals surface area contributed by atoms with E-state index in [1.165, 1.54) is 25.5 Å². The van der Waals surface area contributed by atoms with Crippen molar-refractivity contribution in [2.24, 2.45) is 5.92 Å². The molecule has 0 aromatic heterocycles. The molecule has 0 radical (unpaired) electrons. The van der Waals surface area contributed by atoms with Crippen LogP contribution in [0.2, 0.25) is 0 Å². The Morgan fingerprint density at radius 1 is 1.30 bits per heavy atom. The zero-order valence-corrected chi connectivity index (χ0v) is 12.1. The Morgan fingerprint density at radius 2 is 2.10 bits per heavy atom. The van der Waals surface area contributed by atoms with E-state index >= 15 is 0 Å². The van der Waals surface area contributed by atoms with E-state index in [1.807, 2.05) is 6.07 Å². The van der Waals surface area contributed by atoms with Crippen LogP contribution in [-0.2, 0) is 13.0 Å². The summed E-state index contributed by atoms with van der Waals surface area (Å²) in [5.41, 5.74) is 2.37. The van der Waals surface area contributed by atoms with Gasteiger partial charge in [-0.05, 0) is 61.5 Å². The number of rotatable bonds is 3. The molecule has 3 rings (SSSR count). The Bertz CT molecular complexity index is 472. The molecule has 1 aromatic rings. The molecule has 0 atom stereocenters. The maximum Gasteiger partial charge on any atom is 0.165 e. The summed E-state index contributed by atoms with van der Waals surface area (Å²) < 4.78 is 18.9. The molecule has 1 saturated heterocycles. The largest absolute Gasteiger partial charge is 0.494 e. The van der Waals surface area contributed by atoms with E-state index in [9.17, 15) is 4.39 Å². The van der Waals surface area contributed by atoms with Gasteiger partial charge in [0.15, 0.2) is 11.6 Å². The third kappa shape index (κ3) is 2.96. The molecule has 0 saturated carbocycles. The van der Waals surface area contributed by atoms with Crippen molar-refractivity contribution in [1.29, 1.82) is 0 Å². The van der Waals surface area contributed by atoms with Crippen molar-refractivity contribution in [3.8, 4) is 5.75 Å². The topological polar surface area (TPSA) is 24.5 Å². The van der Waals surface area contributed by atoms with Gasteiger partial charge in [-0.1, -0.05) is 0 Å². The second-order valence-electron chi connectivity index (χ2n) is 5.93. The van der Waals surface area contributed by atoms with Crippen molar-refractivity contribution >= 4 is 0 Å². The molecule has 0 spiro atoms. The van der Waals surface area contributed by atoms with Crippen LogP contribution >= 0.6 is 0 Å².